The molecule has 1 aliphatic carbocycles. The number of aryl methyl sites for hydroxylation is 1. The Morgan fingerprint density at radius 2 is 1.80 bits per heavy atom. The van der Waals surface area contributed by atoms with Gasteiger partial charge < -0.3 is 5.32 Å². The van der Waals surface area contributed by atoms with E-state index in [4.69, 9.17) is 34.8 Å². The Bertz CT molecular complexity index is 669. The zero-order valence-corrected chi connectivity index (χ0v) is 13.0. The number of aromatic nitrogens is 2. The van der Waals surface area contributed by atoms with Crippen LogP contribution in [0.25, 0.3) is 0 Å². The van der Waals surface area contributed by atoms with Crippen molar-refractivity contribution in [2.75, 3.05) is 5.32 Å². The SMILES string of the molecule is Cc1cc(Cl)c(Nc2cc(Cl)nc(C3CC3)n2)cc1Cl. The van der Waals surface area contributed by atoms with E-state index in [-0.39, 0.29) is 0 Å². The second kappa shape index (κ2) is 5.40. The highest BCUT2D eigenvalue weighted by atomic mass is 35.5. The maximum atomic E-state index is 6.21. The summed E-state index contributed by atoms with van der Waals surface area (Å²) < 4.78 is 0. The maximum absolute atomic E-state index is 6.21. The molecule has 0 bridgehead atoms. The van der Waals surface area contributed by atoms with Crippen LogP contribution in [-0.4, -0.2) is 9.97 Å². The molecule has 1 aromatic heterocycles. The summed E-state index contributed by atoms with van der Waals surface area (Å²) in [5.74, 6) is 1.86. The van der Waals surface area contributed by atoms with E-state index >= 15 is 0 Å². The molecule has 0 saturated heterocycles. The van der Waals surface area contributed by atoms with Gasteiger partial charge in [-0.3, -0.25) is 0 Å². The van der Waals surface area contributed by atoms with Crippen molar-refractivity contribution in [2.24, 2.45) is 0 Å². The predicted octanol–water partition coefficient (Wildman–Crippen LogP) is 5.37. The molecule has 1 heterocycles. The van der Waals surface area contributed by atoms with Gasteiger partial charge in [-0.15, -0.1) is 0 Å². The Labute approximate surface area is 132 Å². The lowest BCUT2D eigenvalue weighted by Crippen LogP contribution is -2.00. The molecule has 1 aromatic carbocycles. The van der Waals surface area contributed by atoms with Gasteiger partial charge in [0.2, 0.25) is 0 Å². The molecule has 0 spiro atoms. The molecule has 20 heavy (non-hydrogen) atoms. The lowest BCUT2D eigenvalue weighted by molar-refractivity contribution is 0.931. The summed E-state index contributed by atoms with van der Waals surface area (Å²) in [5.41, 5.74) is 1.64. The molecular weight excluding hydrogens is 317 g/mol. The van der Waals surface area contributed by atoms with Crippen LogP contribution in [0.5, 0.6) is 0 Å². The van der Waals surface area contributed by atoms with E-state index in [1.807, 2.05) is 13.0 Å². The third-order valence-corrected chi connectivity index (χ3v) is 4.08. The Morgan fingerprint density at radius 1 is 1.05 bits per heavy atom. The van der Waals surface area contributed by atoms with Gasteiger partial charge in [-0.1, -0.05) is 34.8 Å². The van der Waals surface area contributed by atoms with Crippen molar-refractivity contribution in [1.82, 2.24) is 9.97 Å². The summed E-state index contributed by atoms with van der Waals surface area (Å²) in [6.45, 7) is 1.91. The van der Waals surface area contributed by atoms with Gasteiger partial charge in [0.25, 0.3) is 0 Å². The highest BCUT2D eigenvalue weighted by Crippen LogP contribution is 2.39. The molecule has 1 aliphatic rings. The third kappa shape index (κ3) is 3.00. The van der Waals surface area contributed by atoms with Gasteiger partial charge in [0.05, 0.1) is 10.7 Å². The molecule has 6 heteroatoms. The average molecular weight is 329 g/mol. The molecule has 1 saturated carbocycles. The van der Waals surface area contributed by atoms with Gasteiger partial charge in [-0.2, -0.15) is 0 Å². The molecule has 1 N–H and O–H groups in total. The second-order valence-corrected chi connectivity index (χ2v) is 6.12. The minimum Gasteiger partial charge on any atom is -0.339 e. The van der Waals surface area contributed by atoms with E-state index in [2.05, 4.69) is 15.3 Å². The number of halogens is 3. The van der Waals surface area contributed by atoms with Crippen LogP contribution in [0.1, 0.15) is 30.1 Å². The van der Waals surface area contributed by atoms with E-state index in [0.717, 1.165) is 24.2 Å². The van der Waals surface area contributed by atoms with Crippen LogP contribution in [0, 0.1) is 6.92 Å². The van der Waals surface area contributed by atoms with Crippen LogP contribution < -0.4 is 5.32 Å². The summed E-state index contributed by atoms with van der Waals surface area (Å²) in [5, 5.41) is 4.83. The van der Waals surface area contributed by atoms with Crippen LogP contribution in [0.4, 0.5) is 11.5 Å². The van der Waals surface area contributed by atoms with E-state index in [9.17, 15) is 0 Å². The lowest BCUT2D eigenvalue weighted by Gasteiger charge is -2.11. The van der Waals surface area contributed by atoms with Crippen LogP contribution in [0.3, 0.4) is 0 Å². The van der Waals surface area contributed by atoms with Crippen molar-refractivity contribution < 1.29 is 0 Å². The lowest BCUT2D eigenvalue weighted by atomic mass is 10.2. The van der Waals surface area contributed by atoms with E-state index in [1.54, 1.807) is 12.1 Å². The summed E-state index contributed by atoms with van der Waals surface area (Å²) >= 11 is 18.4. The van der Waals surface area contributed by atoms with Gasteiger partial charge >= 0.3 is 0 Å². The van der Waals surface area contributed by atoms with Crippen LogP contribution in [0.15, 0.2) is 18.2 Å². The van der Waals surface area contributed by atoms with E-state index in [0.29, 0.717) is 32.6 Å². The normalized spacial score (nSPS) is 14.4. The fourth-order valence-corrected chi connectivity index (χ4v) is 2.52. The van der Waals surface area contributed by atoms with Gasteiger partial charge in [-0.25, -0.2) is 9.97 Å². The smallest absolute Gasteiger partial charge is 0.135 e. The minimum atomic E-state index is 0.429. The van der Waals surface area contributed by atoms with Crippen molar-refractivity contribution in [1.29, 1.82) is 0 Å². The van der Waals surface area contributed by atoms with Crippen LogP contribution in [0.2, 0.25) is 15.2 Å². The zero-order valence-electron chi connectivity index (χ0n) is 10.8. The van der Waals surface area contributed by atoms with Crippen LogP contribution >= 0.6 is 34.8 Å². The highest BCUT2D eigenvalue weighted by Gasteiger charge is 2.27. The molecule has 3 rings (SSSR count). The quantitative estimate of drug-likeness (QED) is 0.770. The van der Waals surface area contributed by atoms with Crippen molar-refractivity contribution in [2.45, 2.75) is 25.7 Å². The second-order valence-electron chi connectivity index (χ2n) is 4.91. The van der Waals surface area contributed by atoms with Gasteiger partial charge in [0.15, 0.2) is 0 Å². The molecule has 1 fully saturated rings. The Morgan fingerprint density at radius 3 is 2.50 bits per heavy atom. The topological polar surface area (TPSA) is 37.8 Å². The summed E-state index contributed by atoms with van der Waals surface area (Å²) in [6, 6.07) is 5.28. The number of anilines is 2. The van der Waals surface area contributed by atoms with Gasteiger partial charge in [0, 0.05) is 17.0 Å². The Kier molecular flexibility index (Phi) is 3.76. The maximum Gasteiger partial charge on any atom is 0.135 e. The standard InChI is InChI=1S/C14H12Cl3N3/c1-7-4-10(16)11(5-9(7)15)18-13-6-12(17)19-14(20-13)8-2-3-8/h4-6,8H,2-3H2,1H3,(H,18,19,20). The monoisotopic (exact) mass is 327 g/mol. The van der Waals surface area contributed by atoms with Crippen molar-refractivity contribution in [3.05, 3.63) is 44.8 Å². The first kappa shape index (κ1) is 13.9. The summed E-state index contributed by atoms with van der Waals surface area (Å²) in [4.78, 5) is 8.72. The van der Waals surface area contributed by atoms with Crippen molar-refractivity contribution in [3.8, 4) is 0 Å². The molecule has 0 radical (unpaired) electrons. The fraction of sp³-hybridized carbons (Fsp3) is 0.286. The number of rotatable bonds is 3. The number of nitrogens with one attached hydrogen (secondary N) is 1. The Balaban J connectivity index is 1.92. The van der Waals surface area contributed by atoms with Gasteiger partial charge in [0.1, 0.15) is 16.8 Å². The largest absolute Gasteiger partial charge is 0.339 e. The first-order valence-electron chi connectivity index (χ1n) is 6.30. The molecule has 2 aromatic rings. The zero-order chi connectivity index (χ0) is 14.3. The third-order valence-electron chi connectivity index (χ3n) is 3.17. The predicted molar refractivity (Wildman–Crippen MR) is 83.5 cm³/mol. The molecular formula is C14H12Cl3N3. The summed E-state index contributed by atoms with van der Waals surface area (Å²) in [6.07, 6.45) is 2.24. The minimum absolute atomic E-state index is 0.429. The molecule has 104 valence electrons. The Hall–Kier alpha value is -1.03. The highest BCUT2D eigenvalue weighted by molar-refractivity contribution is 6.36. The van der Waals surface area contributed by atoms with Crippen molar-refractivity contribution in [3.63, 3.8) is 0 Å². The average Bonchev–Trinajstić information content (AvgIpc) is 3.19. The van der Waals surface area contributed by atoms with Crippen molar-refractivity contribution >= 4 is 46.3 Å². The van der Waals surface area contributed by atoms with Crippen LogP contribution in [-0.2, 0) is 0 Å². The number of hydrogen-bond donors (Lipinski definition) is 1. The van der Waals surface area contributed by atoms with Gasteiger partial charge in [-0.05, 0) is 37.5 Å². The number of nitrogens with zero attached hydrogens (tertiary/aromatic N) is 2. The molecule has 0 aliphatic heterocycles. The van der Waals surface area contributed by atoms with E-state index < -0.39 is 0 Å². The molecule has 0 atom stereocenters. The van der Waals surface area contributed by atoms with E-state index in [1.165, 1.54) is 0 Å². The first-order chi connectivity index (χ1) is 9.52. The molecule has 0 amide bonds. The first-order valence-corrected chi connectivity index (χ1v) is 7.43. The molecule has 0 unspecified atom stereocenters. The number of hydrogen-bond acceptors (Lipinski definition) is 3. The summed E-state index contributed by atoms with van der Waals surface area (Å²) in [7, 11) is 0. The fourth-order valence-electron chi connectivity index (χ4n) is 1.90. The molecule has 3 nitrogen and oxygen atoms in total. The number of benzene rings is 1.